The highest BCUT2D eigenvalue weighted by molar-refractivity contribution is 7.98. The fraction of sp³-hybridized carbons (Fsp3) is 0.500. The standard InChI is InChI=1S/C13H17N3O3S.C5H10/c1-7-8(2)19-11-10(7)14-6-15-12(11)16-9(13(17)18)4-5-20-3;1-3-5-4-2/h6,9H,4-5H2,1-3H3,(H,17,18)(H,14,15,16);3,5H,4H2,1-2H3/b;5-3-. The van der Waals surface area contributed by atoms with E-state index in [9.17, 15) is 9.90 Å². The number of furan rings is 1. The number of nitrogens with one attached hydrogen (secondary N) is 1. The van der Waals surface area contributed by atoms with Crippen molar-refractivity contribution in [1.82, 2.24) is 9.97 Å². The number of aromatic nitrogens is 2. The van der Waals surface area contributed by atoms with Crippen LogP contribution < -0.4 is 5.32 Å². The number of thioether (sulfide) groups is 1. The van der Waals surface area contributed by atoms with E-state index in [4.69, 9.17) is 4.42 Å². The van der Waals surface area contributed by atoms with Crippen molar-refractivity contribution >= 4 is 34.6 Å². The Morgan fingerprint density at radius 3 is 2.68 bits per heavy atom. The summed E-state index contributed by atoms with van der Waals surface area (Å²) in [7, 11) is 0. The molecular formula is C18H27N3O3S. The van der Waals surface area contributed by atoms with Crippen LogP contribution in [0, 0.1) is 13.8 Å². The Kier molecular flexibility index (Phi) is 9.05. The number of aryl methyl sites for hydroxylation is 2. The van der Waals surface area contributed by atoms with E-state index in [0.29, 0.717) is 23.3 Å². The fourth-order valence-electron chi connectivity index (χ4n) is 2.13. The van der Waals surface area contributed by atoms with Crippen LogP contribution >= 0.6 is 11.8 Å². The lowest BCUT2D eigenvalue weighted by atomic mass is 10.2. The summed E-state index contributed by atoms with van der Waals surface area (Å²) in [5, 5.41) is 12.2. The third-order valence-electron chi connectivity index (χ3n) is 3.63. The topological polar surface area (TPSA) is 88.3 Å². The highest BCUT2D eigenvalue weighted by Crippen LogP contribution is 2.27. The number of rotatable bonds is 7. The maximum Gasteiger partial charge on any atom is 0.326 e. The van der Waals surface area contributed by atoms with Crippen LogP contribution in [0.15, 0.2) is 22.9 Å². The summed E-state index contributed by atoms with van der Waals surface area (Å²) in [6.07, 6.45) is 9.22. The zero-order valence-electron chi connectivity index (χ0n) is 15.5. The summed E-state index contributed by atoms with van der Waals surface area (Å²) in [6, 6.07) is -0.689. The number of carbonyl (C=O) groups is 1. The lowest BCUT2D eigenvalue weighted by Gasteiger charge is -2.14. The first-order chi connectivity index (χ1) is 12.0. The third kappa shape index (κ3) is 6.08. The Morgan fingerprint density at radius 2 is 2.16 bits per heavy atom. The highest BCUT2D eigenvalue weighted by atomic mass is 32.2. The van der Waals surface area contributed by atoms with Gasteiger partial charge in [0.1, 0.15) is 23.6 Å². The molecule has 0 radical (unpaired) electrons. The molecule has 2 N–H and O–H groups in total. The third-order valence-corrected chi connectivity index (χ3v) is 4.28. The Hall–Kier alpha value is -2.02. The highest BCUT2D eigenvalue weighted by Gasteiger charge is 2.20. The molecule has 0 aliphatic carbocycles. The summed E-state index contributed by atoms with van der Waals surface area (Å²) < 4.78 is 5.63. The number of hydrogen-bond donors (Lipinski definition) is 2. The number of fused-ring (bicyclic) bond motifs is 1. The smallest absolute Gasteiger partial charge is 0.326 e. The van der Waals surface area contributed by atoms with Crippen LogP contribution in [-0.2, 0) is 4.79 Å². The van der Waals surface area contributed by atoms with Crippen LogP contribution in [-0.4, -0.2) is 39.1 Å². The van der Waals surface area contributed by atoms with Crippen molar-refractivity contribution in [2.24, 2.45) is 0 Å². The van der Waals surface area contributed by atoms with Gasteiger partial charge in [0.15, 0.2) is 11.4 Å². The van der Waals surface area contributed by atoms with Gasteiger partial charge in [-0.15, -0.1) is 0 Å². The van der Waals surface area contributed by atoms with Gasteiger partial charge in [-0.1, -0.05) is 19.1 Å². The van der Waals surface area contributed by atoms with Crippen LogP contribution in [0.2, 0.25) is 0 Å². The lowest BCUT2D eigenvalue weighted by molar-refractivity contribution is -0.137. The first-order valence-electron chi connectivity index (χ1n) is 8.26. The van der Waals surface area contributed by atoms with Gasteiger partial charge in [0, 0.05) is 5.56 Å². The Morgan fingerprint density at radius 1 is 1.44 bits per heavy atom. The van der Waals surface area contributed by atoms with Crippen LogP contribution in [0.25, 0.3) is 11.1 Å². The van der Waals surface area contributed by atoms with Gasteiger partial charge in [-0.3, -0.25) is 0 Å². The average molecular weight is 365 g/mol. The van der Waals surface area contributed by atoms with Gasteiger partial charge in [0.2, 0.25) is 0 Å². The number of carboxylic acid groups (broad SMARTS) is 1. The van der Waals surface area contributed by atoms with E-state index < -0.39 is 12.0 Å². The zero-order valence-corrected chi connectivity index (χ0v) is 16.3. The molecule has 0 aliphatic heterocycles. The van der Waals surface area contributed by atoms with Crippen molar-refractivity contribution < 1.29 is 14.3 Å². The van der Waals surface area contributed by atoms with Crippen molar-refractivity contribution in [2.75, 3.05) is 17.3 Å². The van der Waals surface area contributed by atoms with Crippen LogP contribution in [0.3, 0.4) is 0 Å². The molecule has 0 fully saturated rings. The summed E-state index contributed by atoms with van der Waals surface area (Å²) in [5.41, 5.74) is 2.17. The molecule has 0 spiro atoms. The van der Waals surface area contributed by atoms with Crippen LogP contribution in [0.5, 0.6) is 0 Å². The largest absolute Gasteiger partial charge is 0.480 e. The van der Waals surface area contributed by atoms with Gasteiger partial charge in [-0.2, -0.15) is 11.8 Å². The second-order valence-electron chi connectivity index (χ2n) is 5.48. The fourth-order valence-corrected chi connectivity index (χ4v) is 2.60. The number of aliphatic carboxylic acids is 1. The number of carboxylic acids is 1. The number of anilines is 1. The molecule has 0 saturated carbocycles. The second-order valence-corrected chi connectivity index (χ2v) is 6.46. The Bertz CT molecular complexity index is 713. The first-order valence-corrected chi connectivity index (χ1v) is 9.65. The molecule has 2 rings (SSSR count). The first kappa shape index (κ1) is 21.0. The van der Waals surface area contributed by atoms with Gasteiger partial charge >= 0.3 is 5.97 Å². The summed E-state index contributed by atoms with van der Waals surface area (Å²) in [6.45, 7) is 7.92. The molecule has 0 amide bonds. The minimum Gasteiger partial charge on any atom is -0.480 e. The monoisotopic (exact) mass is 365 g/mol. The van der Waals surface area contributed by atoms with E-state index >= 15 is 0 Å². The molecule has 1 unspecified atom stereocenters. The minimum absolute atomic E-state index is 0.430. The van der Waals surface area contributed by atoms with Crippen molar-refractivity contribution in [2.45, 2.75) is 46.6 Å². The van der Waals surface area contributed by atoms with E-state index in [1.54, 1.807) is 11.8 Å². The van der Waals surface area contributed by atoms with Crippen molar-refractivity contribution in [1.29, 1.82) is 0 Å². The van der Waals surface area contributed by atoms with E-state index in [1.807, 2.05) is 27.0 Å². The van der Waals surface area contributed by atoms with Crippen LogP contribution in [0.4, 0.5) is 5.82 Å². The molecule has 138 valence electrons. The molecule has 0 saturated heterocycles. The zero-order chi connectivity index (χ0) is 18.8. The molecular weight excluding hydrogens is 338 g/mol. The number of nitrogens with zero attached hydrogens (tertiary/aromatic N) is 2. The molecule has 25 heavy (non-hydrogen) atoms. The number of allylic oxidation sites excluding steroid dienone is 2. The maximum atomic E-state index is 11.3. The summed E-state index contributed by atoms with van der Waals surface area (Å²) >= 11 is 1.61. The Balaban J connectivity index is 0.000000550. The molecule has 2 heterocycles. The van der Waals surface area contributed by atoms with E-state index in [1.165, 1.54) is 6.33 Å². The van der Waals surface area contributed by atoms with Crippen molar-refractivity contribution in [3.63, 3.8) is 0 Å². The van der Waals surface area contributed by atoms with E-state index in [0.717, 1.165) is 23.5 Å². The molecule has 2 aromatic rings. The van der Waals surface area contributed by atoms with Crippen molar-refractivity contribution in [3.05, 3.63) is 29.8 Å². The van der Waals surface area contributed by atoms with Crippen molar-refractivity contribution in [3.8, 4) is 0 Å². The average Bonchev–Trinajstić information content (AvgIpc) is 2.88. The van der Waals surface area contributed by atoms with Gasteiger partial charge in [0.05, 0.1) is 0 Å². The normalized spacial score (nSPS) is 12.0. The molecule has 1 atom stereocenters. The molecule has 7 heteroatoms. The maximum absolute atomic E-state index is 11.3. The van der Waals surface area contributed by atoms with E-state index in [-0.39, 0.29) is 0 Å². The lowest BCUT2D eigenvalue weighted by Crippen LogP contribution is -2.30. The SMILES string of the molecule is C/C=C\CC.CSCCC(Nc1ncnc2c(C)c(C)oc12)C(=O)O. The molecule has 6 nitrogen and oxygen atoms in total. The van der Waals surface area contributed by atoms with Gasteiger partial charge in [-0.25, -0.2) is 14.8 Å². The van der Waals surface area contributed by atoms with E-state index in [2.05, 4.69) is 34.4 Å². The molecule has 0 bridgehead atoms. The van der Waals surface area contributed by atoms with Gasteiger partial charge in [0.25, 0.3) is 0 Å². The Labute approximate surface area is 153 Å². The predicted octanol–water partition coefficient (Wildman–Crippen LogP) is 4.43. The summed E-state index contributed by atoms with van der Waals surface area (Å²) in [4.78, 5) is 19.6. The van der Waals surface area contributed by atoms with Gasteiger partial charge in [-0.05, 0) is 45.6 Å². The van der Waals surface area contributed by atoms with Crippen LogP contribution in [0.1, 0.15) is 38.0 Å². The molecule has 0 aromatic carbocycles. The quantitative estimate of drug-likeness (QED) is 0.702. The van der Waals surface area contributed by atoms with Gasteiger partial charge < -0.3 is 14.8 Å². The summed E-state index contributed by atoms with van der Waals surface area (Å²) in [5.74, 6) is 1.05. The minimum atomic E-state index is -0.897. The molecule has 2 aromatic heterocycles. The predicted molar refractivity (Wildman–Crippen MR) is 104 cm³/mol. The second kappa shape index (κ2) is 10.8. The molecule has 0 aliphatic rings. The number of hydrogen-bond acceptors (Lipinski definition) is 6.